The maximum absolute atomic E-state index is 12.7. The lowest BCUT2D eigenvalue weighted by Gasteiger charge is -2.25. The van der Waals surface area contributed by atoms with Gasteiger partial charge in [0.15, 0.2) is 11.5 Å². The fraction of sp³-hybridized carbons (Fsp3) is 0.188. The molecule has 1 N–H and O–H groups in total. The van der Waals surface area contributed by atoms with Gasteiger partial charge in [-0.25, -0.2) is 0 Å². The highest BCUT2D eigenvalue weighted by Gasteiger charge is 2.33. The zero-order valence-electron chi connectivity index (χ0n) is 12.1. The van der Waals surface area contributed by atoms with E-state index in [1.807, 2.05) is 0 Å². The number of halogens is 4. The molecule has 1 unspecified atom stereocenters. The number of alkyl halides is 3. The van der Waals surface area contributed by atoms with Gasteiger partial charge in [-0.1, -0.05) is 23.7 Å². The van der Waals surface area contributed by atoms with Crippen LogP contribution < -0.4 is 14.8 Å². The molecular weight excluding hydrogens is 347 g/mol. The van der Waals surface area contributed by atoms with Gasteiger partial charge in [0, 0.05) is 5.69 Å². The number of fused-ring (bicyclic) bond motifs is 1. The normalized spacial score (nSPS) is 16.6. The molecule has 0 radical (unpaired) electrons. The van der Waals surface area contributed by atoms with Crippen LogP contribution in [0.4, 0.5) is 18.9 Å². The van der Waals surface area contributed by atoms with Gasteiger partial charge in [-0.2, -0.15) is 13.2 Å². The molecular formula is C16H11ClF3NO3. The highest BCUT2D eigenvalue weighted by atomic mass is 35.5. The average molecular weight is 358 g/mol. The van der Waals surface area contributed by atoms with E-state index in [0.717, 1.165) is 18.2 Å². The predicted molar refractivity (Wildman–Crippen MR) is 81.4 cm³/mol. The molecule has 1 heterocycles. The van der Waals surface area contributed by atoms with Gasteiger partial charge in [0.2, 0.25) is 6.10 Å². The number of nitrogens with one attached hydrogen (secondary N) is 1. The van der Waals surface area contributed by atoms with Crippen molar-refractivity contribution in [3.63, 3.8) is 0 Å². The Morgan fingerprint density at radius 1 is 1.17 bits per heavy atom. The van der Waals surface area contributed by atoms with Crippen molar-refractivity contribution in [3.8, 4) is 11.5 Å². The Morgan fingerprint density at radius 3 is 2.54 bits per heavy atom. The Balaban J connectivity index is 1.71. The van der Waals surface area contributed by atoms with Crippen LogP contribution in [0.25, 0.3) is 0 Å². The molecule has 8 heteroatoms. The van der Waals surface area contributed by atoms with Gasteiger partial charge < -0.3 is 14.8 Å². The molecule has 0 fully saturated rings. The van der Waals surface area contributed by atoms with E-state index >= 15 is 0 Å². The van der Waals surface area contributed by atoms with E-state index in [4.69, 9.17) is 21.1 Å². The van der Waals surface area contributed by atoms with E-state index in [9.17, 15) is 18.0 Å². The molecule has 0 saturated carbocycles. The average Bonchev–Trinajstić information content (AvgIpc) is 2.53. The Hall–Kier alpha value is -2.41. The minimum Gasteiger partial charge on any atom is -0.485 e. The van der Waals surface area contributed by atoms with Crippen LogP contribution >= 0.6 is 11.6 Å². The second kappa shape index (κ2) is 6.24. The number of anilines is 1. The van der Waals surface area contributed by atoms with Gasteiger partial charge in [0.1, 0.15) is 6.61 Å². The lowest BCUT2D eigenvalue weighted by atomic mass is 10.2. The van der Waals surface area contributed by atoms with Gasteiger partial charge in [-0.05, 0) is 30.3 Å². The standard InChI is InChI=1S/C16H11ClF3NO3/c17-11-7-9(5-6-10(11)16(18,19)20)21-15(22)14-8-23-12-3-1-2-4-13(12)24-14/h1-7,14H,8H2,(H,21,22). The SMILES string of the molecule is O=C(Nc1ccc(C(F)(F)F)c(Cl)c1)C1COc2ccccc2O1. The van der Waals surface area contributed by atoms with E-state index in [0.29, 0.717) is 11.5 Å². The molecule has 0 bridgehead atoms. The summed E-state index contributed by atoms with van der Waals surface area (Å²) < 4.78 is 48.9. The van der Waals surface area contributed by atoms with E-state index < -0.39 is 28.8 Å². The molecule has 1 atom stereocenters. The van der Waals surface area contributed by atoms with Gasteiger partial charge in [-0.3, -0.25) is 4.79 Å². The Kier molecular flexibility index (Phi) is 4.28. The fourth-order valence-electron chi connectivity index (χ4n) is 2.19. The minimum atomic E-state index is -4.55. The van der Waals surface area contributed by atoms with Crippen LogP contribution in [-0.4, -0.2) is 18.6 Å². The van der Waals surface area contributed by atoms with Crippen LogP contribution in [0.3, 0.4) is 0 Å². The van der Waals surface area contributed by atoms with Crippen molar-refractivity contribution in [2.24, 2.45) is 0 Å². The molecule has 1 aliphatic heterocycles. The summed E-state index contributed by atoms with van der Waals surface area (Å²) in [6.45, 7) is -0.00276. The molecule has 1 amide bonds. The lowest BCUT2D eigenvalue weighted by Crippen LogP contribution is -2.40. The molecule has 0 aromatic heterocycles. The number of rotatable bonds is 2. The predicted octanol–water partition coefficient (Wildman–Crippen LogP) is 4.14. The number of hydrogen-bond donors (Lipinski definition) is 1. The smallest absolute Gasteiger partial charge is 0.417 e. The fourth-order valence-corrected chi connectivity index (χ4v) is 2.48. The summed E-state index contributed by atoms with van der Waals surface area (Å²) in [5.74, 6) is 0.411. The molecule has 3 rings (SSSR count). The van der Waals surface area contributed by atoms with E-state index in [-0.39, 0.29) is 12.3 Å². The number of hydrogen-bond acceptors (Lipinski definition) is 3. The van der Waals surface area contributed by atoms with Gasteiger partial charge in [0.25, 0.3) is 5.91 Å². The maximum Gasteiger partial charge on any atom is 0.417 e. The van der Waals surface area contributed by atoms with Crippen molar-refractivity contribution >= 4 is 23.2 Å². The molecule has 4 nitrogen and oxygen atoms in total. The molecule has 24 heavy (non-hydrogen) atoms. The molecule has 2 aromatic carbocycles. The van der Waals surface area contributed by atoms with Gasteiger partial charge in [0.05, 0.1) is 10.6 Å². The molecule has 0 aliphatic carbocycles. The van der Waals surface area contributed by atoms with E-state index in [2.05, 4.69) is 5.32 Å². The first-order valence-electron chi connectivity index (χ1n) is 6.90. The first kappa shape index (κ1) is 16.4. The second-order valence-electron chi connectivity index (χ2n) is 5.05. The molecule has 0 saturated heterocycles. The Morgan fingerprint density at radius 2 is 1.88 bits per heavy atom. The number of carbonyl (C=O) groups excluding carboxylic acids is 1. The van der Waals surface area contributed by atoms with Crippen molar-refractivity contribution in [2.75, 3.05) is 11.9 Å². The van der Waals surface area contributed by atoms with Gasteiger partial charge >= 0.3 is 6.18 Å². The van der Waals surface area contributed by atoms with E-state index in [1.54, 1.807) is 24.3 Å². The van der Waals surface area contributed by atoms with Crippen LogP contribution in [0.1, 0.15) is 5.56 Å². The maximum atomic E-state index is 12.7. The largest absolute Gasteiger partial charge is 0.485 e. The summed E-state index contributed by atoms with van der Waals surface area (Å²) in [4.78, 5) is 12.2. The summed E-state index contributed by atoms with van der Waals surface area (Å²) in [5, 5.41) is 1.97. The summed E-state index contributed by atoms with van der Waals surface area (Å²) in [6.07, 6.45) is -5.47. The highest BCUT2D eigenvalue weighted by molar-refractivity contribution is 6.31. The van der Waals surface area contributed by atoms with Crippen LogP contribution in [0.2, 0.25) is 5.02 Å². The van der Waals surface area contributed by atoms with Crippen LogP contribution in [0.15, 0.2) is 42.5 Å². The third-order valence-electron chi connectivity index (χ3n) is 3.34. The zero-order chi connectivity index (χ0) is 17.3. The van der Waals surface area contributed by atoms with Crippen molar-refractivity contribution < 1.29 is 27.4 Å². The number of ether oxygens (including phenoxy) is 2. The topological polar surface area (TPSA) is 47.6 Å². The second-order valence-corrected chi connectivity index (χ2v) is 5.45. The molecule has 126 valence electrons. The quantitative estimate of drug-likeness (QED) is 0.878. The van der Waals surface area contributed by atoms with Crippen LogP contribution in [0.5, 0.6) is 11.5 Å². The summed E-state index contributed by atoms with van der Waals surface area (Å²) in [7, 11) is 0. The van der Waals surface area contributed by atoms with Gasteiger partial charge in [-0.15, -0.1) is 0 Å². The van der Waals surface area contributed by atoms with Crippen molar-refractivity contribution in [1.29, 1.82) is 0 Å². The summed E-state index contributed by atoms with van der Waals surface area (Å²) in [6, 6.07) is 9.85. The van der Waals surface area contributed by atoms with Crippen molar-refractivity contribution in [3.05, 3.63) is 53.1 Å². The Bertz CT molecular complexity index is 779. The molecule has 1 aliphatic rings. The van der Waals surface area contributed by atoms with Crippen molar-refractivity contribution in [1.82, 2.24) is 0 Å². The highest BCUT2D eigenvalue weighted by Crippen LogP contribution is 2.36. The van der Waals surface area contributed by atoms with E-state index in [1.165, 1.54) is 0 Å². The van der Waals surface area contributed by atoms with Crippen LogP contribution in [-0.2, 0) is 11.0 Å². The minimum absolute atomic E-state index is 0.00276. The summed E-state index contributed by atoms with van der Waals surface area (Å²) in [5.41, 5.74) is -0.825. The third kappa shape index (κ3) is 3.41. The monoisotopic (exact) mass is 357 g/mol. The molecule has 0 spiro atoms. The number of para-hydroxylation sites is 2. The first-order chi connectivity index (χ1) is 11.3. The van der Waals surface area contributed by atoms with Crippen LogP contribution in [0, 0.1) is 0 Å². The number of amides is 1. The summed E-state index contributed by atoms with van der Waals surface area (Å²) >= 11 is 5.62. The number of carbonyl (C=O) groups is 1. The third-order valence-corrected chi connectivity index (χ3v) is 3.66. The lowest BCUT2D eigenvalue weighted by molar-refractivity contribution is -0.137. The molecule has 2 aromatic rings. The van der Waals surface area contributed by atoms with Crippen molar-refractivity contribution in [2.45, 2.75) is 12.3 Å². The Labute approximate surface area is 140 Å². The first-order valence-corrected chi connectivity index (χ1v) is 7.28. The zero-order valence-corrected chi connectivity index (χ0v) is 12.8. The number of benzene rings is 2.